The number of nitrogen functional groups attached to an aromatic ring is 1. The molecule has 0 atom stereocenters. The van der Waals surface area contributed by atoms with Gasteiger partial charge in [-0.15, -0.1) is 11.3 Å². The summed E-state index contributed by atoms with van der Waals surface area (Å²) in [6.45, 7) is 2.39. The number of amides is 1. The van der Waals surface area contributed by atoms with Crippen molar-refractivity contribution >= 4 is 22.9 Å². The molecule has 2 heterocycles. The molecule has 0 aliphatic heterocycles. The Balaban J connectivity index is 2.02. The summed E-state index contributed by atoms with van der Waals surface area (Å²) in [5.41, 5.74) is 8.99. The van der Waals surface area contributed by atoms with Gasteiger partial charge in [-0.2, -0.15) is 5.10 Å². The van der Waals surface area contributed by atoms with Crippen molar-refractivity contribution in [2.24, 2.45) is 0 Å². The molecule has 0 aliphatic carbocycles. The third-order valence-corrected chi connectivity index (χ3v) is 3.14. The maximum Gasteiger partial charge on any atom is 0.274 e. The summed E-state index contributed by atoms with van der Waals surface area (Å²) in [7, 11) is 0. The van der Waals surface area contributed by atoms with Crippen molar-refractivity contribution in [1.29, 1.82) is 0 Å². The highest BCUT2D eigenvalue weighted by molar-refractivity contribution is 7.09. The quantitative estimate of drug-likeness (QED) is 0.753. The van der Waals surface area contributed by atoms with Crippen LogP contribution in [0.25, 0.3) is 0 Å². The number of aromatic amines is 1. The first-order chi connectivity index (χ1) is 8.22. The van der Waals surface area contributed by atoms with Crippen LogP contribution in [-0.4, -0.2) is 21.1 Å². The summed E-state index contributed by atoms with van der Waals surface area (Å²) in [6, 6.07) is 0. The van der Waals surface area contributed by atoms with Crippen molar-refractivity contribution in [1.82, 2.24) is 20.5 Å². The zero-order chi connectivity index (χ0) is 12.3. The van der Waals surface area contributed by atoms with Crippen LogP contribution in [-0.2, 0) is 13.0 Å². The number of H-pyrrole nitrogens is 1. The van der Waals surface area contributed by atoms with Gasteiger partial charge in [-0.1, -0.05) is 6.92 Å². The number of thiazole rings is 1. The zero-order valence-electron chi connectivity index (χ0n) is 9.36. The number of nitrogens with two attached hydrogens (primary N) is 1. The van der Waals surface area contributed by atoms with Crippen LogP contribution in [0.4, 0.5) is 5.69 Å². The molecule has 0 saturated heterocycles. The van der Waals surface area contributed by atoms with E-state index in [1.165, 1.54) is 11.3 Å². The number of anilines is 1. The van der Waals surface area contributed by atoms with E-state index in [4.69, 9.17) is 5.73 Å². The topological polar surface area (TPSA) is 96.7 Å². The van der Waals surface area contributed by atoms with Crippen molar-refractivity contribution < 1.29 is 4.79 Å². The van der Waals surface area contributed by atoms with Crippen LogP contribution in [0.3, 0.4) is 0 Å². The second-order valence-corrected chi connectivity index (χ2v) is 4.44. The van der Waals surface area contributed by atoms with Gasteiger partial charge in [0.15, 0.2) is 5.69 Å². The first-order valence-electron chi connectivity index (χ1n) is 5.20. The molecular formula is C10H13N5OS. The van der Waals surface area contributed by atoms with Crippen molar-refractivity contribution in [3.8, 4) is 0 Å². The molecule has 0 aromatic carbocycles. The number of carbonyl (C=O) groups excluding carboxylic acids is 1. The van der Waals surface area contributed by atoms with Crippen LogP contribution in [0.1, 0.15) is 28.0 Å². The summed E-state index contributed by atoms with van der Waals surface area (Å²) < 4.78 is 0. The first kappa shape index (κ1) is 11.6. The number of hydrogen-bond acceptors (Lipinski definition) is 5. The van der Waals surface area contributed by atoms with Gasteiger partial charge in [0.1, 0.15) is 0 Å². The third-order valence-electron chi connectivity index (χ3n) is 2.36. The molecule has 2 rings (SSSR count). The molecule has 7 heteroatoms. The van der Waals surface area contributed by atoms with Crippen molar-refractivity contribution in [3.05, 3.63) is 28.0 Å². The summed E-state index contributed by atoms with van der Waals surface area (Å²) in [4.78, 5) is 16.7. The van der Waals surface area contributed by atoms with Crippen LogP contribution >= 0.6 is 11.3 Å². The lowest BCUT2D eigenvalue weighted by Crippen LogP contribution is -2.23. The molecule has 90 valence electrons. The lowest BCUT2D eigenvalue weighted by molar-refractivity contribution is 0.0947. The Morgan fingerprint density at radius 2 is 2.47 bits per heavy atom. The second-order valence-electron chi connectivity index (χ2n) is 3.47. The van der Waals surface area contributed by atoms with E-state index in [1.54, 1.807) is 11.7 Å². The Morgan fingerprint density at radius 1 is 1.65 bits per heavy atom. The molecule has 17 heavy (non-hydrogen) atoms. The van der Waals surface area contributed by atoms with Crippen LogP contribution in [0, 0.1) is 0 Å². The normalized spacial score (nSPS) is 10.4. The number of hydrogen-bond donors (Lipinski definition) is 3. The minimum Gasteiger partial charge on any atom is -0.395 e. The van der Waals surface area contributed by atoms with Gasteiger partial charge in [0, 0.05) is 11.1 Å². The summed E-state index contributed by atoms with van der Waals surface area (Å²) in [6.07, 6.45) is 2.44. The Hall–Kier alpha value is -1.89. The molecule has 0 radical (unpaired) electrons. The van der Waals surface area contributed by atoms with E-state index < -0.39 is 0 Å². The molecule has 0 saturated carbocycles. The van der Waals surface area contributed by atoms with Crippen molar-refractivity contribution in [3.63, 3.8) is 0 Å². The highest BCUT2D eigenvalue weighted by atomic mass is 32.1. The average Bonchev–Trinajstić information content (AvgIpc) is 2.95. The highest BCUT2D eigenvalue weighted by Gasteiger charge is 2.15. The van der Waals surface area contributed by atoms with E-state index >= 15 is 0 Å². The van der Waals surface area contributed by atoms with Gasteiger partial charge in [-0.3, -0.25) is 14.9 Å². The van der Waals surface area contributed by atoms with Gasteiger partial charge < -0.3 is 11.1 Å². The second kappa shape index (κ2) is 4.96. The van der Waals surface area contributed by atoms with Gasteiger partial charge in [0.25, 0.3) is 5.91 Å². The van der Waals surface area contributed by atoms with E-state index in [0.717, 1.165) is 17.0 Å². The molecule has 0 spiro atoms. The summed E-state index contributed by atoms with van der Waals surface area (Å²) in [5, 5.41) is 9.41. The Bertz CT molecular complexity index is 505. The Morgan fingerprint density at radius 3 is 3.06 bits per heavy atom. The molecule has 0 aliphatic rings. The lowest BCUT2D eigenvalue weighted by atomic mass is 10.2. The molecule has 0 fully saturated rings. The SMILES string of the molecule is CCc1[nH]nc(C(=O)NCc2cncs2)c1N. The van der Waals surface area contributed by atoms with Crippen LogP contribution in [0.2, 0.25) is 0 Å². The molecule has 2 aromatic rings. The Kier molecular flexibility index (Phi) is 3.38. The molecule has 0 unspecified atom stereocenters. The van der Waals surface area contributed by atoms with Crippen molar-refractivity contribution in [2.75, 3.05) is 5.73 Å². The average molecular weight is 251 g/mol. The maximum atomic E-state index is 11.8. The van der Waals surface area contributed by atoms with Gasteiger partial charge >= 0.3 is 0 Å². The fourth-order valence-corrected chi connectivity index (χ4v) is 1.94. The fourth-order valence-electron chi connectivity index (χ4n) is 1.41. The van der Waals surface area contributed by atoms with E-state index in [9.17, 15) is 4.79 Å². The minimum atomic E-state index is -0.271. The largest absolute Gasteiger partial charge is 0.395 e. The molecule has 0 bridgehead atoms. The van der Waals surface area contributed by atoms with Gasteiger partial charge in [0.05, 0.1) is 23.4 Å². The number of nitrogens with zero attached hydrogens (tertiary/aromatic N) is 2. The van der Waals surface area contributed by atoms with Crippen LogP contribution in [0.5, 0.6) is 0 Å². The number of carbonyl (C=O) groups is 1. The van der Waals surface area contributed by atoms with Gasteiger partial charge in [-0.05, 0) is 6.42 Å². The highest BCUT2D eigenvalue weighted by Crippen LogP contribution is 2.14. The maximum absolute atomic E-state index is 11.8. The standard InChI is InChI=1S/C10H13N5OS/c1-2-7-8(11)9(15-14-7)10(16)13-4-6-3-12-5-17-6/h3,5H,2,4,11H2,1H3,(H,13,16)(H,14,15). The molecule has 6 nitrogen and oxygen atoms in total. The van der Waals surface area contributed by atoms with Crippen LogP contribution < -0.4 is 11.1 Å². The summed E-state index contributed by atoms with van der Waals surface area (Å²) >= 11 is 1.49. The zero-order valence-corrected chi connectivity index (χ0v) is 10.2. The smallest absolute Gasteiger partial charge is 0.274 e. The fraction of sp³-hybridized carbons (Fsp3) is 0.300. The lowest BCUT2D eigenvalue weighted by Gasteiger charge is -2.01. The van der Waals surface area contributed by atoms with Gasteiger partial charge in [0.2, 0.25) is 0 Å². The molecule has 4 N–H and O–H groups in total. The monoisotopic (exact) mass is 251 g/mol. The summed E-state index contributed by atoms with van der Waals surface area (Å²) in [5.74, 6) is -0.271. The molecular weight excluding hydrogens is 238 g/mol. The van der Waals surface area contributed by atoms with Crippen LogP contribution in [0.15, 0.2) is 11.7 Å². The first-order valence-corrected chi connectivity index (χ1v) is 6.08. The van der Waals surface area contributed by atoms with E-state index in [0.29, 0.717) is 12.2 Å². The van der Waals surface area contributed by atoms with Crippen molar-refractivity contribution in [2.45, 2.75) is 19.9 Å². The van der Waals surface area contributed by atoms with E-state index in [2.05, 4.69) is 20.5 Å². The minimum absolute atomic E-state index is 0.256. The van der Waals surface area contributed by atoms with E-state index in [1.807, 2.05) is 6.92 Å². The number of aryl methyl sites for hydroxylation is 1. The number of rotatable bonds is 4. The molecule has 2 aromatic heterocycles. The van der Waals surface area contributed by atoms with Gasteiger partial charge in [-0.25, -0.2) is 0 Å². The Labute approximate surface area is 102 Å². The number of nitrogens with one attached hydrogen (secondary N) is 2. The molecule has 1 amide bonds. The predicted octanol–water partition coefficient (Wildman–Crippen LogP) is 0.941. The third kappa shape index (κ3) is 2.44. The van der Waals surface area contributed by atoms with E-state index in [-0.39, 0.29) is 11.6 Å². The predicted molar refractivity (Wildman–Crippen MR) is 65.7 cm³/mol. The number of aromatic nitrogens is 3.